The van der Waals surface area contributed by atoms with E-state index in [9.17, 15) is 0 Å². The quantitative estimate of drug-likeness (QED) is 0.185. The van der Waals surface area contributed by atoms with Crippen LogP contribution in [0.3, 0.4) is 0 Å². The lowest BCUT2D eigenvalue weighted by Gasteiger charge is -2.30. The topological polar surface area (TPSA) is 51.8 Å². The molecule has 2 unspecified atom stereocenters. The van der Waals surface area contributed by atoms with Gasteiger partial charge < -0.3 is 4.42 Å². The summed E-state index contributed by atoms with van der Waals surface area (Å²) in [5, 5.41) is 4.63. The van der Waals surface area contributed by atoms with Crippen molar-refractivity contribution in [2.45, 2.75) is 5.92 Å². The van der Waals surface area contributed by atoms with Crippen molar-refractivity contribution >= 4 is 38.3 Å². The van der Waals surface area contributed by atoms with Crippen LogP contribution in [0.25, 0.3) is 72.2 Å². The first-order chi connectivity index (χ1) is 25.3. The molecule has 4 nitrogen and oxygen atoms in total. The zero-order valence-electron chi connectivity index (χ0n) is 27.6. The van der Waals surface area contributed by atoms with Crippen LogP contribution in [0.1, 0.15) is 17.3 Å². The lowest BCUT2D eigenvalue weighted by Crippen LogP contribution is -2.18. The van der Waals surface area contributed by atoms with Gasteiger partial charge in [-0.2, -0.15) is 0 Å². The van der Waals surface area contributed by atoms with Gasteiger partial charge in [0.05, 0.1) is 0 Å². The predicted octanol–water partition coefficient (Wildman–Crippen LogP) is 11.8. The van der Waals surface area contributed by atoms with Crippen molar-refractivity contribution in [1.82, 2.24) is 15.0 Å². The molecular weight excluding hydrogens is 623 g/mol. The molecule has 0 saturated heterocycles. The summed E-state index contributed by atoms with van der Waals surface area (Å²) >= 11 is 0. The van der Waals surface area contributed by atoms with E-state index in [0.29, 0.717) is 17.5 Å². The fraction of sp³-hybridized carbons (Fsp3) is 0.0426. The van der Waals surface area contributed by atoms with Crippen LogP contribution in [-0.4, -0.2) is 15.0 Å². The zero-order valence-corrected chi connectivity index (χ0v) is 27.6. The molecule has 51 heavy (non-hydrogen) atoms. The van der Waals surface area contributed by atoms with Gasteiger partial charge in [-0.1, -0.05) is 152 Å². The molecule has 240 valence electrons. The highest BCUT2D eigenvalue weighted by Crippen LogP contribution is 2.46. The molecular formula is C47H31N3O. The number of aromatic nitrogens is 3. The molecule has 0 aliphatic heterocycles. The number of benzene rings is 6. The molecule has 0 fully saturated rings. The van der Waals surface area contributed by atoms with E-state index in [1.807, 2.05) is 24.3 Å². The minimum absolute atomic E-state index is 0.0928. The Morgan fingerprint density at radius 2 is 1.18 bits per heavy atom. The fourth-order valence-electron chi connectivity index (χ4n) is 7.67. The molecule has 2 heterocycles. The monoisotopic (exact) mass is 653 g/mol. The minimum Gasteiger partial charge on any atom is -0.456 e. The molecule has 2 aromatic heterocycles. The van der Waals surface area contributed by atoms with Crippen molar-refractivity contribution in [3.63, 3.8) is 0 Å². The Kier molecular flexibility index (Phi) is 6.91. The van der Waals surface area contributed by atoms with E-state index in [1.165, 1.54) is 22.1 Å². The van der Waals surface area contributed by atoms with Crippen LogP contribution < -0.4 is 0 Å². The maximum Gasteiger partial charge on any atom is 0.164 e. The van der Waals surface area contributed by atoms with Gasteiger partial charge in [0.1, 0.15) is 11.2 Å². The van der Waals surface area contributed by atoms with Crippen molar-refractivity contribution in [3.8, 4) is 33.9 Å². The fourth-order valence-corrected chi connectivity index (χ4v) is 7.67. The third-order valence-electron chi connectivity index (χ3n) is 10.1. The van der Waals surface area contributed by atoms with Gasteiger partial charge in [-0.3, -0.25) is 0 Å². The van der Waals surface area contributed by atoms with Crippen LogP contribution in [-0.2, 0) is 0 Å². The van der Waals surface area contributed by atoms with Gasteiger partial charge in [-0.15, -0.1) is 0 Å². The van der Waals surface area contributed by atoms with Crippen molar-refractivity contribution in [3.05, 3.63) is 193 Å². The average Bonchev–Trinajstić information content (AvgIpc) is 3.59. The van der Waals surface area contributed by atoms with Gasteiger partial charge in [0.15, 0.2) is 17.5 Å². The Morgan fingerprint density at radius 1 is 0.451 bits per heavy atom. The van der Waals surface area contributed by atoms with Crippen LogP contribution in [0.15, 0.2) is 186 Å². The normalized spacial score (nSPS) is 16.7. The molecule has 0 radical (unpaired) electrons. The molecule has 0 bridgehead atoms. The molecule has 2 aliphatic carbocycles. The van der Waals surface area contributed by atoms with E-state index < -0.39 is 0 Å². The number of furan rings is 1. The summed E-state index contributed by atoms with van der Waals surface area (Å²) in [6.45, 7) is 0. The molecule has 0 saturated carbocycles. The van der Waals surface area contributed by atoms with Gasteiger partial charge in [0.2, 0.25) is 0 Å². The van der Waals surface area contributed by atoms with Crippen molar-refractivity contribution in [2.24, 2.45) is 5.92 Å². The second-order valence-electron chi connectivity index (χ2n) is 13.2. The summed E-state index contributed by atoms with van der Waals surface area (Å²) in [6, 6.07) is 48.4. The largest absolute Gasteiger partial charge is 0.456 e. The van der Waals surface area contributed by atoms with Gasteiger partial charge in [0.25, 0.3) is 0 Å². The van der Waals surface area contributed by atoms with Crippen molar-refractivity contribution in [1.29, 1.82) is 0 Å². The molecule has 2 aliphatic rings. The Morgan fingerprint density at radius 3 is 2.02 bits per heavy atom. The van der Waals surface area contributed by atoms with Crippen molar-refractivity contribution in [2.75, 3.05) is 0 Å². The number of hydrogen-bond donors (Lipinski definition) is 0. The van der Waals surface area contributed by atoms with E-state index in [4.69, 9.17) is 19.4 Å². The summed E-state index contributed by atoms with van der Waals surface area (Å²) in [5.41, 5.74) is 9.48. The smallest absolute Gasteiger partial charge is 0.164 e. The summed E-state index contributed by atoms with van der Waals surface area (Å²) in [7, 11) is 0. The third kappa shape index (κ3) is 5.12. The highest BCUT2D eigenvalue weighted by atomic mass is 16.3. The van der Waals surface area contributed by atoms with E-state index in [0.717, 1.165) is 49.6 Å². The van der Waals surface area contributed by atoms with E-state index >= 15 is 0 Å². The molecule has 2 atom stereocenters. The van der Waals surface area contributed by atoms with E-state index in [1.54, 1.807) is 0 Å². The number of fused-ring (bicyclic) bond motifs is 5. The molecule has 6 aromatic carbocycles. The second kappa shape index (κ2) is 12.0. The number of nitrogens with zero attached hydrogens (tertiary/aromatic N) is 3. The Labute approximate surface area is 295 Å². The maximum atomic E-state index is 6.51. The molecule has 8 aromatic rings. The van der Waals surface area contributed by atoms with Crippen LogP contribution in [0, 0.1) is 5.92 Å². The lowest BCUT2D eigenvalue weighted by molar-refractivity contribution is 0.662. The SMILES string of the molecule is C1=CC2=C(c3nc(-c4ccccc4)nc(-c4ccc5ccccc5c4)n3)C=CC(c3cccc4oc5cc(-c6ccccc6)ccc5c34)C2C=C1. The summed E-state index contributed by atoms with van der Waals surface area (Å²) in [5.74, 6) is 2.17. The first kappa shape index (κ1) is 29.3. The minimum atomic E-state index is 0.0928. The number of hydrogen-bond acceptors (Lipinski definition) is 4. The Balaban J connectivity index is 1.10. The molecule has 0 N–H and O–H groups in total. The number of rotatable bonds is 5. The lowest BCUT2D eigenvalue weighted by atomic mass is 9.73. The average molecular weight is 654 g/mol. The molecule has 10 rings (SSSR count). The van der Waals surface area contributed by atoms with Gasteiger partial charge in [0, 0.05) is 39.3 Å². The second-order valence-corrected chi connectivity index (χ2v) is 13.2. The highest BCUT2D eigenvalue weighted by Gasteiger charge is 2.31. The maximum absolute atomic E-state index is 6.51. The first-order valence-electron chi connectivity index (χ1n) is 17.4. The van der Waals surface area contributed by atoms with Crippen LogP contribution in [0.5, 0.6) is 0 Å². The Hall–Kier alpha value is -6.65. The molecule has 0 amide bonds. The summed E-state index contributed by atoms with van der Waals surface area (Å²) in [4.78, 5) is 15.3. The van der Waals surface area contributed by atoms with Crippen molar-refractivity contribution < 1.29 is 4.42 Å². The van der Waals surface area contributed by atoms with Gasteiger partial charge >= 0.3 is 0 Å². The zero-order chi connectivity index (χ0) is 33.7. The van der Waals surface area contributed by atoms with Crippen LogP contribution in [0.4, 0.5) is 0 Å². The number of allylic oxidation sites excluding steroid dienone is 8. The Bertz CT molecular complexity index is 2750. The molecule has 0 spiro atoms. The first-order valence-corrected chi connectivity index (χ1v) is 17.4. The van der Waals surface area contributed by atoms with Gasteiger partial charge in [-0.25, -0.2) is 15.0 Å². The van der Waals surface area contributed by atoms with E-state index in [-0.39, 0.29) is 11.8 Å². The predicted molar refractivity (Wildman–Crippen MR) is 208 cm³/mol. The van der Waals surface area contributed by atoms with Crippen LogP contribution >= 0.6 is 0 Å². The van der Waals surface area contributed by atoms with E-state index in [2.05, 4.69) is 152 Å². The summed E-state index contributed by atoms with van der Waals surface area (Å²) in [6.07, 6.45) is 13.3. The summed E-state index contributed by atoms with van der Waals surface area (Å²) < 4.78 is 6.51. The molecule has 4 heteroatoms. The third-order valence-corrected chi connectivity index (χ3v) is 10.1. The van der Waals surface area contributed by atoms with Gasteiger partial charge in [-0.05, 0) is 57.3 Å². The standard InChI is InChI=1S/C47H31N3O/c1-3-12-30(13-4-1)34-24-25-41-43(29-34)51-42-21-11-20-39(44(41)42)38-26-27-40(37-19-10-9-18-36(37)38)47-49-45(32-15-5-2-6-16-32)48-46(50-47)35-23-22-31-14-7-8-17-33(31)28-35/h1-29,36,38H. The van der Waals surface area contributed by atoms with Crippen LogP contribution in [0.2, 0.25) is 0 Å². The highest BCUT2D eigenvalue weighted by molar-refractivity contribution is 6.08.